The molecule has 0 spiro atoms. The zero-order valence-electron chi connectivity index (χ0n) is 5.07. The van der Waals surface area contributed by atoms with Gasteiger partial charge in [0, 0.05) is 12.4 Å². The normalized spacial score (nSPS) is 8.11. The van der Waals surface area contributed by atoms with E-state index in [0.717, 1.165) is 4.90 Å². The molecule has 1 nitrogen and oxygen atoms in total. The molecule has 0 aliphatic heterocycles. The van der Waals surface area contributed by atoms with Gasteiger partial charge in [0.2, 0.25) is 0 Å². The Hall–Kier alpha value is 1.49. The van der Waals surface area contributed by atoms with E-state index < -0.39 is 0 Å². The van der Waals surface area contributed by atoms with Crippen molar-refractivity contribution >= 4 is 22.5 Å². The van der Waals surface area contributed by atoms with Gasteiger partial charge in [-0.05, 0) is 17.0 Å². The topological polar surface area (TPSA) is 12.9 Å². The third kappa shape index (κ3) is 4.03. The summed E-state index contributed by atoms with van der Waals surface area (Å²) in [6.07, 6.45) is 3.46. The monoisotopic (exact) mass is 181 g/mol. The molecule has 0 saturated heterocycles. The van der Waals surface area contributed by atoms with Crippen molar-refractivity contribution in [3.05, 3.63) is 24.5 Å². The van der Waals surface area contributed by atoms with Crippen LogP contribution in [0.5, 0.6) is 0 Å². The maximum atomic E-state index is 4.71. The molecule has 0 unspecified atom stereocenters. The molecule has 0 aliphatic carbocycles. The molecule has 0 amide bonds. The number of nitrogens with zero attached hydrogens (tertiary/aromatic N) is 1. The van der Waals surface area contributed by atoms with Crippen molar-refractivity contribution < 1.29 is 51.4 Å². The molecule has 4 heteroatoms. The van der Waals surface area contributed by atoms with Crippen LogP contribution in [0.2, 0.25) is 0 Å². The van der Waals surface area contributed by atoms with Gasteiger partial charge in [0.05, 0.1) is 0 Å². The summed E-state index contributed by atoms with van der Waals surface area (Å²) in [6, 6.07) is 3.77. The van der Waals surface area contributed by atoms with Gasteiger partial charge in [0.25, 0.3) is 0 Å². The number of rotatable bonds is 1. The van der Waals surface area contributed by atoms with Crippen LogP contribution in [0.3, 0.4) is 0 Å². The van der Waals surface area contributed by atoms with Gasteiger partial charge in [-0.2, -0.15) is 0 Å². The summed E-state index contributed by atoms with van der Waals surface area (Å²) in [6.45, 7) is 0. The van der Waals surface area contributed by atoms with E-state index in [2.05, 4.69) is 4.98 Å². The van der Waals surface area contributed by atoms with E-state index >= 15 is 0 Å². The molecular formula is C5H4KNS2. The Kier molecular flexibility index (Phi) is 7.24. The molecule has 1 aromatic rings. The summed E-state index contributed by atoms with van der Waals surface area (Å²) in [7, 11) is 1.31. The molecule has 0 aromatic carbocycles. The van der Waals surface area contributed by atoms with Gasteiger partial charge in [-0.3, -0.25) is 15.8 Å². The fraction of sp³-hybridized carbons (Fsp3) is 0. The first-order chi connectivity index (χ1) is 3.93. The van der Waals surface area contributed by atoms with E-state index in [-0.39, 0.29) is 51.4 Å². The maximum absolute atomic E-state index is 4.71. The minimum absolute atomic E-state index is 0. The van der Waals surface area contributed by atoms with E-state index in [1.54, 1.807) is 12.4 Å². The van der Waals surface area contributed by atoms with Crippen molar-refractivity contribution in [3.8, 4) is 0 Å². The Labute approximate surface area is 106 Å². The van der Waals surface area contributed by atoms with Crippen LogP contribution in [0.1, 0.15) is 0 Å². The molecule has 0 atom stereocenters. The van der Waals surface area contributed by atoms with Crippen molar-refractivity contribution in [2.24, 2.45) is 0 Å². The van der Waals surface area contributed by atoms with Crippen LogP contribution >= 0.6 is 10.8 Å². The fourth-order valence-corrected chi connectivity index (χ4v) is 0.960. The van der Waals surface area contributed by atoms with Crippen molar-refractivity contribution in [1.29, 1.82) is 0 Å². The molecule has 1 heterocycles. The number of pyridine rings is 1. The standard InChI is InChI=1S/C5H5NS2.K/c7-8-5-1-3-6-4-2-5;/h1-4,7H;/q;+1/p-1. The van der Waals surface area contributed by atoms with E-state index in [1.807, 2.05) is 12.1 Å². The molecule has 42 valence electrons. The molecule has 1 rings (SSSR count). The molecule has 1 aromatic heterocycles. The van der Waals surface area contributed by atoms with E-state index in [0.29, 0.717) is 0 Å². The molecule has 9 heavy (non-hydrogen) atoms. The molecule has 0 radical (unpaired) electrons. The number of hydrogen-bond acceptors (Lipinski definition) is 3. The second kappa shape index (κ2) is 6.21. The summed E-state index contributed by atoms with van der Waals surface area (Å²) in [4.78, 5) is 4.91. The second-order valence-corrected chi connectivity index (χ2v) is 2.40. The summed E-state index contributed by atoms with van der Waals surface area (Å²) in [5.41, 5.74) is 0. The number of hydrogen-bond donors (Lipinski definition) is 0. The number of aromatic nitrogens is 1. The van der Waals surface area contributed by atoms with Gasteiger partial charge in [-0.25, -0.2) is 0 Å². The molecule has 0 N–H and O–H groups in total. The Balaban J connectivity index is 0.000000640. The van der Waals surface area contributed by atoms with Gasteiger partial charge >= 0.3 is 51.4 Å². The Bertz CT molecular complexity index is 156. The predicted molar refractivity (Wildman–Crippen MR) is 37.5 cm³/mol. The van der Waals surface area contributed by atoms with Gasteiger partial charge < -0.3 is 11.7 Å². The van der Waals surface area contributed by atoms with Crippen LogP contribution in [-0.4, -0.2) is 4.98 Å². The maximum Gasteiger partial charge on any atom is 1.00 e. The molecular weight excluding hydrogens is 177 g/mol. The average molecular weight is 181 g/mol. The Morgan fingerprint density at radius 2 is 1.89 bits per heavy atom. The predicted octanol–water partition coefficient (Wildman–Crippen LogP) is -1.36. The third-order valence-electron chi connectivity index (χ3n) is 0.746. The minimum atomic E-state index is 0. The van der Waals surface area contributed by atoms with Gasteiger partial charge in [-0.15, -0.1) is 0 Å². The first kappa shape index (κ1) is 10.5. The summed E-state index contributed by atoms with van der Waals surface area (Å²) in [5.74, 6) is 0. The third-order valence-corrected chi connectivity index (χ3v) is 1.79. The quantitative estimate of drug-likeness (QED) is 0.302. The average Bonchev–Trinajstić information content (AvgIpc) is 1.90. The molecule has 0 aliphatic rings. The largest absolute Gasteiger partial charge is 1.00 e. The van der Waals surface area contributed by atoms with Gasteiger partial charge in [-0.1, -0.05) is 0 Å². The van der Waals surface area contributed by atoms with Crippen molar-refractivity contribution in [2.75, 3.05) is 0 Å². The van der Waals surface area contributed by atoms with Crippen molar-refractivity contribution in [2.45, 2.75) is 4.90 Å². The van der Waals surface area contributed by atoms with Gasteiger partial charge in [0.1, 0.15) is 0 Å². The summed E-state index contributed by atoms with van der Waals surface area (Å²) >= 11 is 4.71. The SMILES string of the molecule is [K+].[S-]Sc1ccncc1. The zero-order valence-corrected chi connectivity index (χ0v) is 9.83. The minimum Gasteiger partial charge on any atom is -0.714 e. The van der Waals surface area contributed by atoms with Gasteiger partial charge in [0.15, 0.2) is 0 Å². The van der Waals surface area contributed by atoms with Crippen LogP contribution in [0.25, 0.3) is 0 Å². The van der Waals surface area contributed by atoms with E-state index in [1.165, 1.54) is 10.8 Å². The first-order valence-electron chi connectivity index (χ1n) is 2.13. The Morgan fingerprint density at radius 3 is 2.22 bits per heavy atom. The Morgan fingerprint density at radius 1 is 1.33 bits per heavy atom. The van der Waals surface area contributed by atoms with E-state index in [9.17, 15) is 0 Å². The second-order valence-electron chi connectivity index (χ2n) is 1.27. The molecule has 0 fully saturated rings. The van der Waals surface area contributed by atoms with Crippen molar-refractivity contribution in [3.63, 3.8) is 0 Å². The summed E-state index contributed by atoms with van der Waals surface area (Å²) < 4.78 is 0. The van der Waals surface area contributed by atoms with Crippen LogP contribution in [-0.2, 0) is 11.7 Å². The van der Waals surface area contributed by atoms with Crippen LogP contribution in [0, 0.1) is 0 Å². The summed E-state index contributed by atoms with van der Waals surface area (Å²) in [5, 5.41) is 0. The van der Waals surface area contributed by atoms with Crippen LogP contribution < -0.4 is 51.4 Å². The fourth-order valence-electron chi connectivity index (χ4n) is 0.394. The van der Waals surface area contributed by atoms with Crippen LogP contribution in [0.15, 0.2) is 29.4 Å². The zero-order chi connectivity index (χ0) is 5.82. The van der Waals surface area contributed by atoms with Crippen molar-refractivity contribution in [1.82, 2.24) is 4.98 Å². The molecule has 0 bridgehead atoms. The van der Waals surface area contributed by atoms with E-state index in [4.69, 9.17) is 11.7 Å². The molecule has 0 saturated carbocycles. The smallest absolute Gasteiger partial charge is 0.714 e. The van der Waals surface area contributed by atoms with Crippen LogP contribution in [0.4, 0.5) is 0 Å². The first-order valence-corrected chi connectivity index (χ1v) is 3.87.